The van der Waals surface area contributed by atoms with Crippen molar-refractivity contribution in [2.75, 3.05) is 13.1 Å². The normalized spacial score (nSPS) is 15.8. The van der Waals surface area contributed by atoms with E-state index in [1.165, 1.54) is 0 Å². The van der Waals surface area contributed by atoms with Crippen LogP contribution in [0.3, 0.4) is 0 Å². The second-order valence-electron chi connectivity index (χ2n) is 7.52. The molecule has 5 nitrogen and oxygen atoms in total. The van der Waals surface area contributed by atoms with Gasteiger partial charge in [0.1, 0.15) is 6.61 Å². The number of para-hydroxylation sites is 1. The van der Waals surface area contributed by atoms with Gasteiger partial charge in [-0.3, -0.25) is 14.6 Å². The van der Waals surface area contributed by atoms with Crippen LogP contribution >= 0.6 is 0 Å². The second-order valence-corrected chi connectivity index (χ2v) is 7.52. The minimum Gasteiger partial charge on any atom is -0.460 e. The number of rotatable bonds is 4. The van der Waals surface area contributed by atoms with E-state index >= 15 is 0 Å². The van der Waals surface area contributed by atoms with Crippen LogP contribution in [0.15, 0.2) is 66.9 Å². The number of hydrogen-bond acceptors (Lipinski definition) is 4. The van der Waals surface area contributed by atoms with Gasteiger partial charge in [-0.25, -0.2) is 0 Å². The molecule has 0 spiro atoms. The van der Waals surface area contributed by atoms with Gasteiger partial charge < -0.3 is 9.64 Å². The lowest BCUT2D eigenvalue weighted by molar-refractivity contribution is -0.155. The lowest BCUT2D eigenvalue weighted by Crippen LogP contribution is -2.49. The van der Waals surface area contributed by atoms with Crippen LogP contribution in [0.1, 0.15) is 30.9 Å². The monoisotopic (exact) mass is 388 g/mol. The highest BCUT2D eigenvalue weighted by molar-refractivity contribution is 5.85. The summed E-state index contributed by atoms with van der Waals surface area (Å²) in [5, 5.41) is 1.02. The fourth-order valence-corrected chi connectivity index (χ4v) is 4.14. The zero-order valence-corrected chi connectivity index (χ0v) is 16.5. The predicted molar refractivity (Wildman–Crippen MR) is 111 cm³/mol. The molecule has 1 aliphatic rings. The van der Waals surface area contributed by atoms with Crippen molar-refractivity contribution >= 4 is 22.8 Å². The van der Waals surface area contributed by atoms with Gasteiger partial charge in [-0.1, -0.05) is 54.6 Å². The van der Waals surface area contributed by atoms with Crippen LogP contribution in [-0.4, -0.2) is 34.8 Å². The standard InChI is InChI=1S/C24H24N2O3/c1-18(27)26-15-12-24(13-16-26,21-10-3-2-4-11-21)23(28)29-17-20-8-5-7-19-9-6-14-25-22(19)20/h2-11,14H,12-13,15-17H2,1H3. The van der Waals surface area contributed by atoms with Crippen LogP contribution < -0.4 is 0 Å². The fourth-order valence-electron chi connectivity index (χ4n) is 4.14. The molecule has 148 valence electrons. The molecule has 0 saturated carbocycles. The average molecular weight is 388 g/mol. The molecule has 2 heterocycles. The van der Waals surface area contributed by atoms with Gasteiger partial charge in [-0.15, -0.1) is 0 Å². The van der Waals surface area contributed by atoms with E-state index in [1.807, 2.05) is 60.7 Å². The molecule has 1 aliphatic heterocycles. The highest BCUT2D eigenvalue weighted by Crippen LogP contribution is 2.37. The quantitative estimate of drug-likeness (QED) is 0.637. The number of nitrogens with zero attached hydrogens (tertiary/aromatic N) is 2. The van der Waals surface area contributed by atoms with Crippen molar-refractivity contribution in [2.45, 2.75) is 31.8 Å². The molecule has 1 saturated heterocycles. The maximum absolute atomic E-state index is 13.4. The predicted octanol–water partition coefficient (Wildman–Crippen LogP) is 3.86. The summed E-state index contributed by atoms with van der Waals surface area (Å²) in [6.07, 6.45) is 2.86. The summed E-state index contributed by atoms with van der Waals surface area (Å²) >= 11 is 0. The van der Waals surface area contributed by atoms with Crippen molar-refractivity contribution in [1.82, 2.24) is 9.88 Å². The first-order valence-electron chi connectivity index (χ1n) is 9.91. The number of carbonyl (C=O) groups is 2. The SMILES string of the molecule is CC(=O)N1CCC(C(=O)OCc2cccc3cccnc23)(c2ccccc2)CC1. The van der Waals surface area contributed by atoms with E-state index in [0.717, 1.165) is 22.0 Å². The van der Waals surface area contributed by atoms with E-state index in [-0.39, 0.29) is 18.5 Å². The number of carbonyl (C=O) groups excluding carboxylic acids is 2. The average Bonchev–Trinajstić information content (AvgIpc) is 2.78. The van der Waals surface area contributed by atoms with Crippen molar-refractivity contribution in [2.24, 2.45) is 0 Å². The van der Waals surface area contributed by atoms with Crippen LogP contribution in [-0.2, 0) is 26.3 Å². The Hall–Kier alpha value is -3.21. The maximum atomic E-state index is 13.4. The number of piperidine rings is 1. The molecular formula is C24H24N2O3. The van der Waals surface area contributed by atoms with E-state index in [1.54, 1.807) is 18.0 Å². The summed E-state index contributed by atoms with van der Waals surface area (Å²) in [5.74, 6) is -0.193. The Labute approximate surface area is 170 Å². The molecular weight excluding hydrogens is 364 g/mol. The van der Waals surface area contributed by atoms with Gasteiger partial charge in [0.05, 0.1) is 10.9 Å². The molecule has 4 rings (SSSR count). The van der Waals surface area contributed by atoms with Gasteiger partial charge in [-0.05, 0) is 24.5 Å². The number of esters is 1. The maximum Gasteiger partial charge on any atom is 0.317 e. The molecule has 1 amide bonds. The third kappa shape index (κ3) is 3.73. The summed E-state index contributed by atoms with van der Waals surface area (Å²) < 4.78 is 5.85. The van der Waals surface area contributed by atoms with Gasteiger partial charge >= 0.3 is 5.97 Å². The summed E-state index contributed by atoms with van der Waals surface area (Å²) in [4.78, 5) is 31.4. The number of benzene rings is 2. The first kappa shape index (κ1) is 19.1. The number of hydrogen-bond donors (Lipinski definition) is 0. The van der Waals surface area contributed by atoms with Crippen LogP contribution in [0.4, 0.5) is 0 Å². The molecule has 1 aromatic heterocycles. The first-order chi connectivity index (χ1) is 14.1. The van der Waals surface area contributed by atoms with Gasteiger partial charge in [0.25, 0.3) is 0 Å². The van der Waals surface area contributed by atoms with Crippen LogP contribution in [0.25, 0.3) is 10.9 Å². The molecule has 0 atom stereocenters. The molecule has 0 bridgehead atoms. The molecule has 1 fully saturated rings. The van der Waals surface area contributed by atoms with Crippen molar-refractivity contribution in [3.63, 3.8) is 0 Å². The lowest BCUT2D eigenvalue weighted by Gasteiger charge is -2.40. The first-order valence-corrected chi connectivity index (χ1v) is 9.91. The minimum absolute atomic E-state index is 0.0434. The Morgan fingerprint density at radius 1 is 1.00 bits per heavy atom. The largest absolute Gasteiger partial charge is 0.460 e. The Balaban J connectivity index is 1.58. The Morgan fingerprint density at radius 3 is 2.45 bits per heavy atom. The Bertz CT molecular complexity index is 1020. The van der Waals surface area contributed by atoms with Crippen LogP contribution in [0.5, 0.6) is 0 Å². The zero-order chi connectivity index (χ0) is 20.3. The summed E-state index contributed by atoms with van der Waals surface area (Å²) in [7, 11) is 0. The fraction of sp³-hybridized carbons (Fsp3) is 0.292. The smallest absolute Gasteiger partial charge is 0.317 e. The topological polar surface area (TPSA) is 59.5 Å². The molecule has 29 heavy (non-hydrogen) atoms. The third-order valence-corrected chi connectivity index (χ3v) is 5.85. The van der Waals surface area contributed by atoms with Crippen molar-refractivity contribution in [3.05, 3.63) is 78.0 Å². The molecule has 5 heteroatoms. The van der Waals surface area contributed by atoms with Gasteiger partial charge in [0, 0.05) is 37.2 Å². The number of likely N-dealkylation sites (tertiary alicyclic amines) is 1. The van der Waals surface area contributed by atoms with Crippen LogP contribution in [0.2, 0.25) is 0 Å². The summed E-state index contributed by atoms with van der Waals surface area (Å²) in [5.41, 5.74) is 1.96. The molecule has 3 aromatic rings. The van der Waals surface area contributed by atoms with E-state index in [0.29, 0.717) is 25.9 Å². The Morgan fingerprint density at radius 2 is 1.72 bits per heavy atom. The summed E-state index contributed by atoms with van der Waals surface area (Å²) in [6.45, 7) is 2.85. The molecule has 0 radical (unpaired) electrons. The number of fused-ring (bicyclic) bond motifs is 1. The highest BCUT2D eigenvalue weighted by Gasteiger charge is 2.44. The third-order valence-electron chi connectivity index (χ3n) is 5.85. The zero-order valence-electron chi connectivity index (χ0n) is 16.5. The van der Waals surface area contributed by atoms with E-state index in [9.17, 15) is 9.59 Å². The number of amides is 1. The molecule has 0 N–H and O–H groups in total. The van der Waals surface area contributed by atoms with E-state index in [4.69, 9.17) is 4.74 Å². The Kier molecular flexibility index (Phi) is 5.30. The van der Waals surface area contributed by atoms with Crippen molar-refractivity contribution in [1.29, 1.82) is 0 Å². The van der Waals surface area contributed by atoms with E-state index < -0.39 is 5.41 Å². The van der Waals surface area contributed by atoms with Crippen molar-refractivity contribution in [3.8, 4) is 0 Å². The van der Waals surface area contributed by atoms with Gasteiger partial charge in [0.2, 0.25) is 5.91 Å². The van der Waals surface area contributed by atoms with Crippen molar-refractivity contribution < 1.29 is 14.3 Å². The molecule has 0 aliphatic carbocycles. The highest BCUT2D eigenvalue weighted by atomic mass is 16.5. The molecule has 2 aromatic carbocycles. The number of pyridine rings is 1. The minimum atomic E-state index is -0.731. The lowest BCUT2D eigenvalue weighted by atomic mass is 9.72. The number of ether oxygens (including phenoxy) is 1. The van der Waals surface area contributed by atoms with E-state index in [2.05, 4.69) is 4.98 Å². The van der Waals surface area contributed by atoms with Crippen LogP contribution in [0, 0.1) is 0 Å². The van der Waals surface area contributed by atoms with Gasteiger partial charge in [-0.2, -0.15) is 0 Å². The number of aromatic nitrogens is 1. The molecule has 0 unspecified atom stereocenters. The second kappa shape index (κ2) is 8.03. The summed E-state index contributed by atoms with van der Waals surface area (Å²) in [6, 6.07) is 19.6. The van der Waals surface area contributed by atoms with Gasteiger partial charge in [0.15, 0.2) is 0 Å².